The van der Waals surface area contributed by atoms with Crippen LogP contribution in [-0.4, -0.2) is 44.5 Å². The first-order chi connectivity index (χ1) is 20.5. The van der Waals surface area contributed by atoms with Gasteiger partial charge in [0, 0.05) is 11.5 Å². The third kappa shape index (κ3) is 9.83. The number of hydrogen-bond donors (Lipinski definition) is 0. The lowest BCUT2D eigenvalue weighted by atomic mass is 9.74. The Labute approximate surface area is 253 Å². The number of ketones is 1. The topological polar surface area (TPSA) is 62.6 Å². The smallest absolute Gasteiger partial charge is 0.166 e. The number of unbranched alkanes of at least 4 members (excludes halogenated alkanes) is 9. The number of Topliss-reactive ketones (excluding diaryl/α,β-unsaturated/α-hetero) is 1. The monoisotopic (exact) mass is 578 g/mol. The highest BCUT2D eigenvalue weighted by Crippen LogP contribution is 2.39. The van der Waals surface area contributed by atoms with Crippen molar-refractivity contribution >= 4 is 5.78 Å². The Bertz CT molecular complexity index is 1120. The molecule has 0 aromatic heterocycles. The molecule has 5 nitrogen and oxygen atoms in total. The zero-order chi connectivity index (χ0) is 30.2. The Morgan fingerprint density at radius 1 is 0.881 bits per heavy atom. The Kier molecular flexibility index (Phi) is 14.3. The zero-order valence-corrected chi connectivity index (χ0v) is 26.1. The molecule has 0 N–H and O–H groups in total. The summed E-state index contributed by atoms with van der Waals surface area (Å²) in [5.41, 5.74) is 0.962. The van der Waals surface area contributed by atoms with Gasteiger partial charge in [0.05, 0.1) is 25.7 Å². The van der Waals surface area contributed by atoms with Gasteiger partial charge in [0.1, 0.15) is 5.82 Å². The van der Waals surface area contributed by atoms with Crippen molar-refractivity contribution in [1.29, 1.82) is 5.26 Å². The third-order valence-corrected chi connectivity index (χ3v) is 9.05. The quantitative estimate of drug-likeness (QED) is 0.123. The average molecular weight is 579 g/mol. The van der Waals surface area contributed by atoms with Crippen LogP contribution in [0.4, 0.5) is 4.39 Å². The van der Waals surface area contributed by atoms with E-state index < -0.39 is 5.41 Å². The van der Waals surface area contributed by atoms with E-state index >= 15 is 0 Å². The van der Waals surface area contributed by atoms with E-state index in [0.717, 1.165) is 63.7 Å². The summed E-state index contributed by atoms with van der Waals surface area (Å²) in [4.78, 5) is 15.3. The summed E-state index contributed by atoms with van der Waals surface area (Å²) in [6.07, 6.45) is 15.7. The Morgan fingerprint density at radius 3 is 2.05 bits per heavy atom. The average Bonchev–Trinajstić information content (AvgIpc) is 3.03. The van der Waals surface area contributed by atoms with Gasteiger partial charge in [-0.1, -0.05) is 77.2 Å². The second-order valence-electron chi connectivity index (χ2n) is 11.9. The van der Waals surface area contributed by atoms with E-state index in [1.165, 1.54) is 63.5 Å². The van der Waals surface area contributed by atoms with Gasteiger partial charge in [-0.25, -0.2) is 4.39 Å². The summed E-state index contributed by atoms with van der Waals surface area (Å²) in [7, 11) is 3.26. The molecule has 1 saturated heterocycles. The number of halogens is 1. The van der Waals surface area contributed by atoms with E-state index in [2.05, 4.69) is 17.9 Å². The largest absolute Gasteiger partial charge is 0.493 e. The van der Waals surface area contributed by atoms with Gasteiger partial charge in [0.2, 0.25) is 0 Å². The predicted molar refractivity (Wildman–Crippen MR) is 168 cm³/mol. The molecule has 2 aromatic rings. The number of piperidine rings is 1. The summed E-state index contributed by atoms with van der Waals surface area (Å²) < 4.78 is 24.4. The molecule has 1 aliphatic heterocycles. The number of hydrogen-bond acceptors (Lipinski definition) is 5. The molecule has 0 radical (unpaired) electrons. The van der Waals surface area contributed by atoms with Crippen LogP contribution in [0.25, 0.3) is 0 Å². The highest BCUT2D eigenvalue weighted by atomic mass is 19.1. The number of ether oxygens (including phenoxy) is 2. The first kappa shape index (κ1) is 33.6. The molecule has 1 heterocycles. The molecule has 0 aliphatic carbocycles. The Hall–Kier alpha value is -2.91. The fraction of sp³-hybridized carbons (Fsp3) is 0.611. The van der Waals surface area contributed by atoms with Gasteiger partial charge >= 0.3 is 0 Å². The van der Waals surface area contributed by atoms with Crippen molar-refractivity contribution in [3.05, 3.63) is 59.4 Å². The van der Waals surface area contributed by atoms with Crippen LogP contribution in [0.2, 0.25) is 0 Å². The molecular weight excluding hydrogens is 527 g/mol. The summed E-state index contributed by atoms with van der Waals surface area (Å²) in [6, 6.07) is 14.5. The predicted octanol–water partition coefficient (Wildman–Crippen LogP) is 8.90. The number of methoxy groups -OCH3 is 2. The molecule has 42 heavy (non-hydrogen) atoms. The highest BCUT2D eigenvalue weighted by molar-refractivity contribution is 5.97. The lowest BCUT2D eigenvalue weighted by Gasteiger charge is -2.35. The maximum absolute atomic E-state index is 13.3. The van der Waals surface area contributed by atoms with Crippen molar-refractivity contribution in [2.24, 2.45) is 5.92 Å². The van der Waals surface area contributed by atoms with E-state index in [1.54, 1.807) is 26.4 Å². The molecule has 1 atom stereocenters. The molecule has 0 bridgehead atoms. The molecule has 3 rings (SSSR count). The second kappa shape index (κ2) is 17.9. The molecule has 1 unspecified atom stereocenters. The number of benzene rings is 2. The number of carbonyl (C=O) groups is 1. The van der Waals surface area contributed by atoms with Gasteiger partial charge in [-0.2, -0.15) is 5.26 Å². The van der Waals surface area contributed by atoms with Gasteiger partial charge < -0.3 is 14.4 Å². The van der Waals surface area contributed by atoms with Crippen molar-refractivity contribution in [2.75, 3.05) is 33.9 Å². The summed E-state index contributed by atoms with van der Waals surface area (Å²) in [5.74, 6) is 1.06. The summed E-state index contributed by atoms with van der Waals surface area (Å²) in [6.45, 7) is 4.70. The summed E-state index contributed by atoms with van der Waals surface area (Å²) in [5, 5.41) is 10.6. The third-order valence-electron chi connectivity index (χ3n) is 9.05. The minimum Gasteiger partial charge on any atom is -0.493 e. The van der Waals surface area contributed by atoms with E-state index in [0.29, 0.717) is 17.1 Å². The number of nitrogens with zero attached hydrogens (tertiary/aromatic N) is 2. The molecule has 0 spiro atoms. The molecule has 1 fully saturated rings. The Morgan fingerprint density at radius 2 is 1.48 bits per heavy atom. The molecule has 2 aromatic carbocycles. The number of nitriles is 1. The number of likely N-dealkylation sites (tertiary alicyclic amines) is 1. The number of carbonyl (C=O) groups excluding carboxylic acids is 1. The highest BCUT2D eigenvalue weighted by Gasteiger charge is 2.34. The van der Waals surface area contributed by atoms with Gasteiger partial charge in [-0.15, -0.1) is 0 Å². The lowest BCUT2D eigenvalue weighted by Crippen LogP contribution is -2.39. The Balaban J connectivity index is 1.58. The van der Waals surface area contributed by atoms with Crippen LogP contribution in [0.1, 0.15) is 113 Å². The molecule has 0 saturated carbocycles. The van der Waals surface area contributed by atoms with Crippen LogP contribution in [-0.2, 0) is 5.41 Å². The molecule has 230 valence electrons. The SMILES string of the molecule is CCCCCCCCCCCCC(C#N)(CCN1CCC(C(=O)c2ccc(F)cc2)CC1)c1ccc(OC)c(OC)c1. The van der Waals surface area contributed by atoms with Crippen molar-refractivity contribution in [3.63, 3.8) is 0 Å². The van der Waals surface area contributed by atoms with Gasteiger partial charge in [-0.3, -0.25) is 4.79 Å². The minimum absolute atomic E-state index is 0.0371. The molecule has 6 heteroatoms. The zero-order valence-electron chi connectivity index (χ0n) is 26.1. The summed E-state index contributed by atoms with van der Waals surface area (Å²) >= 11 is 0. The van der Waals surface area contributed by atoms with E-state index in [1.807, 2.05) is 18.2 Å². The maximum atomic E-state index is 13.3. The first-order valence-electron chi connectivity index (χ1n) is 16.1. The molecular formula is C36H51FN2O3. The van der Waals surface area contributed by atoms with Crippen molar-refractivity contribution in [3.8, 4) is 17.6 Å². The first-order valence-corrected chi connectivity index (χ1v) is 16.1. The van der Waals surface area contributed by atoms with E-state index in [4.69, 9.17) is 9.47 Å². The molecule has 0 amide bonds. The fourth-order valence-corrected chi connectivity index (χ4v) is 6.26. The number of rotatable bonds is 19. The normalized spacial score (nSPS) is 15.6. The van der Waals surface area contributed by atoms with Gasteiger partial charge in [0.25, 0.3) is 0 Å². The second-order valence-corrected chi connectivity index (χ2v) is 11.9. The van der Waals surface area contributed by atoms with Gasteiger partial charge in [-0.05, 0) is 87.3 Å². The van der Waals surface area contributed by atoms with E-state index in [9.17, 15) is 14.4 Å². The molecule has 1 aliphatic rings. The van der Waals surface area contributed by atoms with Gasteiger partial charge in [0.15, 0.2) is 17.3 Å². The van der Waals surface area contributed by atoms with E-state index in [-0.39, 0.29) is 17.5 Å². The maximum Gasteiger partial charge on any atom is 0.166 e. The van der Waals surface area contributed by atoms with Crippen LogP contribution < -0.4 is 9.47 Å². The minimum atomic E-state index is -0.611. The standard InChI is InChI=1S/C36H51FN2O3/c1-4-5-6-7-8-9-10-11-12-13-22-36(28-38,31-16-19-33(41-2)34(27-31)42-3)23-26-39-24-20-30(21-25-39)35(40)29-14-17-32(37)18-15-29/h14-19,27,30H,4-13,20-26H2,1-3H3. The fourth-order valence-electron chi connectivity index (χ4n) is 6.26. The van der Waals surface area contributed by atoms with Crippen LogP contribution in [0.15, 0.2) is 42.5 Å². The van der Waals surface area contributed by atoms with Crippen LogP contribution in [0, 0.1) is 23.1 Å². The van der Waals surface area contributed by atoms with Crippen LogP contribution in [0.5, 0.6) is 11.5 Å². The van der Waals surface area contributed by atoms with Crippen LogP contribution >= 0.6 is 0 Å². The van der Waals surface area contributed by atoms with Crippen molar-refractivity contribution < 1.29 is 18.7 Å². The van der Waals surface area contributed by atoms with Crippen LogP contribution in [0.3, 0.4) is 0 Å². The lowest BCUT2D eigenvalue weighted by molar-refractivity contribution is 0.0835. The van der Waals surface area contributed by atoms with Crippen molar-refractivity contribution in [2.45, 2.75) is 102 Å². The van der Waals surface area contributed by atoms with Crippen molar-refractivity contribution in [1.82, 2.24) is 4.90 Å².